The van der Waals surface area contributed by atoms with E-state index in [2.05, 4.69) is 4.98 Å². The van der Waals surface area contributed by atoms with Crippen LogP contribution in [0.15, 0.2) is 10.9 Å². The summed E-state index contributed by atoms with van der Waals surface area (Å²) < 4.78 is 0. The Morgan fingerprint density at radius 3 is 3.00 bits per heavy atom. The number of aromatic nitrogens is 1. The third kappa shape index (κ3) is 2.78. The fourth-order valence-electron chi connectivity index (χ4n) is 1.09. The number of rotatable bonds is 4. The van der Waals surface area contributed by atoms with Crippen LogP contribution in [-0.4, -0.2) is 28.9 Å². The zero-order valence-electron chi connectivity index (χ0n) is 8.43. The molecule has 1 rings (SSSR count). The Kier molecular flexibility index (Phi) is 4.03. The molecule has 0 fully saturated rings. The zero-order valence-corrected chi connectivity index (χ0v) is 9.25. The van der Waals surface area contributed by atoms with Gasteiger partial charge in [0.2, 0.25) is 5.91 Å². The van der Waals surface area contributed by atoms with Crippen LogP contribution < -0.4 is 5.73 Å². The first-order valence-electron chi connectivity index (χ1n) is 4.52. The van der Waals surface area contributed by atoms with Gasteiger partial charge in [0, 0.05) is 12.4 Å². The maximum Gasteiger partial charge on any atom is 0.239 e. The summed E-state index contributed by atoms with van der Waals surface area (Å²) >= 11 is 1.53. The number of thiazole rings is 1. The quantitative estimate of drug-likeness (QED) is 0.806. The Balaban J connectivity index is 2.50. The molecule has 78 valence electrons. The number of nitrogens with two attached hydrogens (primary N) is 1. The molecule has 1 aromatic heterocycles. The molecule has 1 heterocycles. The largest absolute Gasteiger partial charge is 0.338 e. The Bertz CT molecular complexity index is 286. The molecule has 2 N–H and O–H groups in total. The SMILES string of the molecule is CC[C@@H](N)C(=O)N(C)Cc1cscn1. The van der Waals surface area contributed by atoms with Crippen molar-refractivity contribution in [2.45, 2.75) is 25.9 Å². The van der Waals surface area contributed by atoms with Crippen LogP contribution in [0.5, 0.6) is 0 Å². The number of amides is 1. The standard InChI is InChI=1S/C9H15N3OS/c1-3-8(10)9(13)12(2)4-7-5-14-6-11-7/h5-6,8H,3-4,10H2,1-2H3/t8-/m1/s1. The molecule has 4 nitrogen and oxygen atoms in total. The second kappa shape index (κ2) is 5.07. The highest BCUT2D eigenvalue weighted by Crippen LogP contribution is 2.05. The van der Waals surface area contributed by atoms with Crippen LogP contribution in [0.1, 0.15) is 19.0 Å². The van der Waals surface area contributed by atoms with E-state index in [1.807, 2.05) is 12.3 Å². The van der Waals surface area contributed by atoms with E-state index in [9.17, 15) is 4.79 Å². The molecule has 1 amide bonds. The minimum absolute atomic E-state index is 0.0273. The van der Waals surface area contributed by atoms with Crippen molar-refractivity contribution in [1.29, 1.82) is 0 Å². The highest BCUT2D eigenvalue weighted by atomic mass is 32.1. The van der Waals surface area contributed by atoms with Crippen LogP contribution in [-0.2, 0) is 11.3 Å². The predicted octanol–water partition coefficient (Wildman–Crippen LogP) is 0.839. The van der Waals surface area contributed by atoms with Crippen molar-refractivity contribution in [3.8, 4) is 0 Å². The molecule has 0 spiro atoms. The van der Waals surface area contributed by atoms with Crippen LogP contribution in [0.25, 0.3) is 0 Å². The number of carbonyl (C=O) groups is 1. The molecule has 14 heavy (non-hydrogen) atoms. The summed E-state index contributed by atoms with van der Waals surface area (Å²) in [5.74, 6) is -0.0273. The van der Waals surface area contributed by atoms with Crippen molar-refractivity contribution in [2.24, 2.45) is 5.73 Å². The Morgan fingerprint density at radius 2 is 2.50 bits per heavy atom. The van der Waals surface area contributed by atoms with Gasteiger partial charge in [0.05, 0.1) is 23.8 Å². The van der Waals surface area contributed by atoms with Gasteiger partial charge in [0.15, 0.2) is 0 Å². The molecule has 0 aliphatic heterocycles. The first-order valence-corrected chi connectivity index (χ1v) is 5.47. The van der Waals surface area contributed by atoms with Crippen molar-refractivity contribution >= 4 is 17.2 Å². The predicted molar refractivity (Wildman–Crippen MR) is 56.9 cm³/mol. The van der Waals surface area contributed by atoms with E-state index in [1.165, 1.54) is 11.3 Å². The lowest BCUT2D eigenvalue weighted by Crippen LogP contribution is -2.40. The number of hydrogen-bond acceptors (Lipinski definition) is 4. The third-order valence-corrected chi connectivity index (χ3v) is 2.65. The Hall–Kier alpha value is -0.940. The number of nitrogens with zero attached hydrogens (tertiary/aromatic N) is 2. The summed E-state index contributed by atoms with van der Waals surface area (Å²) in [5.41, 5.74) is 8.31. The topological polar surface area (TPSA) is 59.2 Å². The summed E-state index contributed by atoms with van der Waals surface area (Å²) in [6.45, 7) is 2.44. The van der Waals surface area contributed by atoms with E-state index in [4.69, 9.17) is 5.73 Å². The van der Waals surface area contributed by atoms with Gasteiger partial charge in [-0.2, -0.15) is 0 Å². The number of likely N-dealkylation sites (N-methyl/N-ethyl adjacent to an activating group) is 1. The third-order valence-electron chi connectivity index (χ3n) is 2.02. The smallest absolute Gasteiger partial charge is 0.239 e. The molecule has 1 aromatic rings. The summed E-state index contributed by atoms with van der Waals surface area (Å²) in [6.07, 6.45) is 0.667. The van der Waals surface area contributed by atoms with Crippen LogP contribution in [0, 0.1) is 0 Å². The van der Waals surface area contributed by atoms with E-state index >= 15 is 0 Å². The molecule has 0 aliphatic carbocycles. The fraction of sp³-hybridized carbons (Fsp3) is 0.556. The molecule has 0 unspecified atom stereocenters. The molecular weight excluding hydrogens is 198 g/mol. The second-order valence-corrected chi connectivity index (χ2v) is 3.91. The molecule has 1 atom stereocenters. The van der Waals surface area contributed by atoms with Crippen LogP contribution in [0.2, 0.25) is 0 Å². The molecule has 0 radical (unpaired) electrons. The molecule has 0 aliphatic rings. The van der Waals surface area contributed by atoms with Crippen LogP contribution in [0.4, 0.5) is 0 Å². The average Bonchev–Trinajstić information content (AvgIpc) is 2.68. The maximum absolute atomic E-state index is 11.6. The van der Waals surface area contributed by atoms with E-state index in [0.717, 1.165) is 5.69 Å². The van der Waals surface area contributed by atoms with Crippen molar-refractivity contribution in [3.05, 3.63) is 16.6 Å². The minimum Gasteiger partial charge on any atom is -0.338 e. The van der Waals surface area contributed by atoms with Gasteiger partial charge in [-0.3, -0.25) is 4.79 Å². The Morgan fingerprint density at radius 1 is 1.79 bits per heavy atom. The highest BCUT2D eigenvalue weighted by molar-refractivity contribution is 7.07. The van der Waals surface area contributed by atoms with Crippen molar-refractivity contribution in [1.82, 2.24) is 9.88 Å². The molecule has 0 saturated heterocycles. The molecule has 0 saturated carbocycles. The first-order chi connectivity index (χ1) is 6.65. The summed E-state index contributed by atoms with van der Waals surface area (Å²) in [5, 5.41) is 1.93. The molecule has 5 heteroatoms. The number of hydrogen-bond donors (Lipinski definition) is 1. The normalized spacial score (nSPS) is 12.5. The number of carbonyl (C=O) groups excluding carboxylic acids is 1. The van der Waals surface area contributed by atoms with E-state index in [-0.39, 0.29) is 5.91 Å². The van der Waals surface area contributed by atoms with Crippen LogP contribution in [0.3, 0.4) is 0 Å². The summed E-state index contributed by atoms with van der Waals surface area (Å²) in [7, 11) is 1.75. The lowest BCUT2D eigenvalue weighted by atomic mass is 10.2. The van der Waals surface area contributed by atoms with Gasteiger partial charge < -0.3 is 10.6 Å². The van der Waals surface area contributed by atoms with Crippen molar-refractivity contribution in [2.75, 3.05) is 7.05 Å². The first kappa shape index (κ1) is 11.1. The minimum atomic E-state index is -0.390. The van der Waals surface area contributed by atoms with Gasteiger partial charge in [-0.25, -0.2) is 4.98 Å². The maximum atomic E-state index is 11.6. The van der Waals surface area contributed by atoms with Gasteiger partial charge in [-0.1, -0.05) is 6.92 Å². The van der Waals surface area contributed by atoms with Gasteiger partial charge in [0.25, 0.3) is 0 Å². The fourth-order valence-corrected chi connectivity index (χ4v) is 1.64. The zero-order chi connectivity index (χ0) is 10.6. The van der Waals surface area contributed by atoms with Gasteiger partial charge in [-0.15, -0.1) is 11.3 Å². The van der Waals surface area contributed by atoms with Gasteiger partial charge in [-0.05, 0) is 6.42 Å². The second-order valence-electron chi connectivity index (χ2n) is 3.19. The van der Waals surface area contributed by atoms with Crippen molar-refractivity contribution < 1.29 is 4.79 Å². The molecular formula is C9H15N3OS. The summed E-state index contributed by atoms with van der Waals surface area (Å²) in [4.78, 5) is 17.3. The monoisotopic (exact) mass is 213 g/mol. The average molecular weight is 213 g/mol. The van der Waals surface area contributed by atoms with Gasteiger partial charge >= 0.3 is 0 Å². The van der Waals surface area contributed by atoms with E-state index < -0.39 is 6.04 Å². The highest BCUT2D eigenvalue weighted by Gasteiger charge is 2.16. The van der Waals surface area contributed by atoms with Crippen LogP contribution >= 0.6 is 11.3 Å². The summed E-state index contributed by atoms with van der Waals surface area (Å²) in [6, 6.07) is -0.390. The van der Waals surface area contributed by atoms with E-state index in [1.54, 1.807) is 17.5 Å². The Labute approximate surface area is 87.7 Å². The molecule has 0 bridgehead atoms. The van der Waals surface area contributed by atoms with Crippen molar-refractivity contribution in [3.63, 3.8) is 0 Å². The molecule has 0 aromatic carbocycles. The van der Waals surface area contributed by atoms with E-state index in [0.29, 0.717) is 13.0 Å². The van der Waals surface area contributed by atoms with Gasteiger partial charge in [0.1, 0.15) is 0 Å². The lowest BCUT2D eigenvalue weighted by Gasteiger charge is -2.19. The lowest BCUT2D eigenvalue weighted by molar-refractivity contribution is -0.131.